The number of fused-ring (bicyclic) bond motifs is 1. The number of piperidine rings is 1. The Morgan fingerprint density at radius 1 is 1.05 bits per heavy atom. The second kappa shape index (κ2) is 12.1. The van der Waals surface area contributed by atoms with E-state index in [0.29, 0.717) is 37.3 Å². The molecular weight excluding hydrogens is 559 g/mol. The summed E-state index contributed by atoms with van der Waals surface area (Å²) in [6.45, 7) is 3.24. The van der Waals surface area contributed by atoms with Crippen LogP contribution >= 0.6 is 24.8 Å². The molecule has 1 amide bonds. The number of halogens is 6. The molecule has 5 rings (SSSR count). The lowest BCUT2D eigenvalue weighted by Gasteiger charge is -2.38. The molecule has 0 spiro atoms. The summed E-state index contributed by atoms with van der Waals surface area (Å²) in [5.74, 6) is -5.57. The highest BCUT2D eigenvalue weighted by molar-refractivity contribution is 6.07. The molecule has 0 bridgehead atoms. The van der Waals surface area contributed by atoms with Gasteiger partial charge in [-0.2, -0.15) is 0 Å². The zero-order valence-corrected chi connectivity index (χ0v) is 22.5. The first-order valence-electron chi connectivity index (χ1n) is 12.1. The SMILES string of the molecule is C[C@@H]1C[C@H](N)CN(c2c(NC(=O)c3ccc(F)c(-c4c(F)cccc4F)c3F)cnc3c2CCC3O)C1.Cl.Cl. The molecule has 12 heteroatoms. The molecule has 4 N–H and O–H groups in total. The molecule has 0 saturated carbocycles. The number of carbonyl (C=O) groups is 1. The minimum absolute atomic E-state index is 0. The average Bonchev–Trinajstić information content (AvgIpc) is 3.20. The lowest BCUT2D eigenvalue weighted by Crippen LogP contribution is -2.47. The van der Waals surface area contributed by atoms with E-state index < -0.39 is 52.0 Å². The van der Waals surface area contributed by atoms with Crippen LogP contribution in [0.3, 0.4) is 0 Å². The van der Waals surface area contributed by atoms with E-state index in [0.717, 1.165) is 42.3 Å². The number of rotatable bonds is 4. The lowest BCUT2D eigenvalue weighted by molar-refractivity contribution is 0.102. The fraction of sp³-hybridized carbons (Fsp3) is 0.333. The third-order valence-electron chi connectivity index (χ3n) is 6.97. The van der Waals surface area contributed by atoms with Gasteiger partial charge in [-0.3, -0.25) is 9.78 Å². The van der Waals surface area contributed by atoms with E-state index in [1.54, 1.807) is 0 Å². The first-order valence-corrected chi connectivity index (χ1v) is 12.1. The highest BCUT2D eigenvalue weighted by atomic mass is 35.5. The molecule has 2 heterocycles. The van der Waals surface area contributed by atoms with E-state index in [2.05, 4.69) is 17.2 Å². The molecule has 6 nitrogen and oxygen atoms in total. The molecule has 210 valence electrons. The normalized spacial score (nSPS) is 20.1. The zero-order chi connectivity index (χ0) is 26.4. The first-order chi connectivity index (χ1) is 17.7. The standard InChI is InChI=1S/C27H26F4N4O2.2ClH/c1-13-9-14(32)12-35(11-13)26-16-6-8-21(36)25(16)33-10-20(26)34-27(37)15-5-7-19(30)23(24(15)31)22-17(28)3-2-4-18(22)29;;/h2-5,7,10,13-14,21,36H,6,8-9,11-12,32H2,1H3,(H,34,37);2*1H/t13-,14+,21?;;/m1../s1. The largest absolute Gasteiger partial charge is 0.387 e. The summed E-state index contributed by atoms with van der Waals surface area (Å²) in [6.07, 6.45) is 2.51. The number of carbonyl (C=O) groups excluding carboxylic acids is 1. The molecule has 1 aliphatic heterocycles. The van der Waals surface area contributed by atoms with Crippen molar-refractivity contribution in [2.24, 2.45) is 11.7 Å². The quantitative estimate of drug-likeness (QED) is 0.348. The van der Waals surface area contributed by atoms with Gasteiger partial charge in [0.1, 0.15) is 23.3 Å². The number of hydrogen-bond donors (Lipinski definition) is 3. The Hall–Kier alpha value is -2.92. The lowest BCUT2D eigenvalue weighted by atomic mass is 9.95. The number of hydrogen-bond acceptors (Lipinski definition) is 5. The maximum atomic E-state index is 15.5. The number of anilines is 2. The van der Waals surface area contributed by atoms with Crippen molar-refractivity contribution < 1.29 is 27.5 Å². The van der Waals surface area contributed by atoms with E-state index in [9.17, 15) is 23.1 Å². The Morgan fingerprint density at radius 3 is 2.38 bits per heavy atom. The summed E-state index contributed by atoms with van der Waals surface area (Å²) in [7, 11) is 0. The van der Waals surface area contributed by atoms with Crippen LogP contribution in [0.15, 0.2) is 36.5 Å². The number of benzene rings is 2. The molecule has 2 aromatic carbocycles. The van der Waals surface area contributed by atoms with E-state index in [1.165, 1.54) is 6.20 Å². The Morgan fingerprint density at radius 2 is 1.72 bits per heavy atom. The van der Waals surface area contributed by atoms with Gasteiger partial charge in [-0.15, -0.1) is 24.8 Å². The van der Waals surface area contributed by atoms with Gasteiger partial charge in [-0.1, -0.05) is 13.0 Å². The van der Waals surface area contributed by atoms with Crippen LogP contribution < -0.4 is 16.0 Å². The van der Waals surface area contributed by atoms with Crippen LogP contribution in [0, 0.1) is 29.2 Å². The third-order valence-corrected chi connectivity index (χ3v) is 6.97. The summed E-state index contributed by atoms with van der Waals surface area (Å²) in [5.41, 5.74) is 6.04. The highest BCUT2D eigenvalue weighted by Gasteiger charge is 2.33. The maximum Gasteiger partial charge on any atom is 0.258 e. The number of aromatic nitrogens is 1. The van der Waals surface area contributed by atoms with Crippen molar-refractivity contribution >= 4 is 42.1 Å². The number of amides is 1. The summed E-state index contributed by atoms with van der Waals surface area (Å²) in [4.78, 5) is 19.6. The summed E-state index contributed by atoms with van der Waals surface area (Å²) in [5, 5.41) is 13.0. The number of nitrogens with one attached hydrogen (secondary N) is 1. The molecular formula is C27H28Cl2F4N4O2. The van der Waals surface area contributed by atoms with Gasteiger partial charge in [0.2, 0.25) is 0 Å². The van der Waals surface area contributed by atoms with E-state index in [-0.39, 0.29) is 42.5 Å². The van der Waals surface area contributed by atoms with Gasteiger partial charge in [0.05, 0.1) is 46.1 Å². The fourth-order valence-electron chi connectivity index (χ4n) is 5.43. The molecule has 0 radical (unpaired) electrons. The highest BCUT2D eigenvalue weighted by Crippen LogP contribution is 2.42. The van der Waals surface area contributed by atoms with Gasteiger partial charge in [-0.05, 0) is 49.4 Å². The molecule has 3 atom stereocenters. The monoisotopic (exact) mass is 586 g/mol. The second-order valence-corrected chi connectivity index (χ2v) is 9.78. The number of pyridine rings is 1. The number of aliphatic hydroxyl groups excluding tert-OH is 1. The zero-order valence-electron chi connectivity index (χ0n) is 20.9. The number of aliphatic hydroxyl groups is 1. The van der Waals surface area contributed by atoms with Crippen molar-refractivity contribution in [1.29, 1.82) is 0 Å². The van der Waals surface area contributed by atoms with Gasteiger partial charge < -0.3 is 21.1 Å². The Balaban J connectivity index is 0.00000210. The van der Waals surface area contributed by atoms with Crippen molar-refractivity contribution in [2.45, 2.75) is 38.3 Å². The molecule has 1 fully saturated rings. The van der Waals surface area contributed by atoms with Crippen molar-refractivity contribution in [1.82, 2.24) is 4.98 Å². The second-order valence-electron chi connectivity index (χ2n) is 9.78. The van der Waals surface area contributed by atoms with Gasteiger partial charge in [0.15, 0.2) is 0 Å². The molecule has 2 aliphatic rings. The average molecular weight is 587 g/mol. The molecule has 1 unspecified atom stereocenters. The Bertz CT molecular complexity index is 1360. The molecule has 1 aromatic heterocycles. The fourth-order valence-corrected chi connectivity index (χ4v) is 5.43. The van der Waals surface area contributed by atoms with Crippen LogP contribution in [0.25, 0.3) is 11.1 Å². The summed E-state index contributed by atoms with van der Waals surface area (Å²) >= 11 is 0. The molecule has 39 heavy (non-hydrogen) atoms. The summed E-state index contributed by atoms with van der Waals surface area (Å²) in [6, 6.07) is 4.45. The maximum absolute atomic E-state index is 15.5. The third kappa shape index (κ3) is 5.70. The topological polar surface area (TPSA) is 91.5 Å². The minimum Gasteiger partial charge on any atom is -0.387 e. The number of nitrogens with zero attached hydrogens (tertiary/aromatic N) is 2. The molecule has 1 saturated heterocycles. The van der Waals surface area contributed by atoms with Crippen LogP contribution in [0.1, 0.15) is 47.5 Å². The van der Waals surface area contributed by atoms with Crippen molar-refractivity contribution in [3.8, 4) is 11.1 Å². The van der Waals surface area contributed by atoms with Crippen molar-refractivity contribution in [3.05, 3.63) is 76.6 Å². The Kier molecular flexibility index (Phi) is 9.48. The summed E-state index contributed by atoms with van der Waals surface area (Å²) < 4.78 is 58.7. The number of nitrogens with two attached hydrogens (primary N) is 1. The first kappa shape index (κ1) is 30.6. The molecule has 1 aliphatic carbocycles. The molecule has 3 aromatic rings. The van der Waals surface area contributed by atoms with E-state index >= 15 is 4.39 Å². The Labute approximate surface area is 235 Å². The van der Waals surface area contributed by atoms with Gasteiger partial charge in [-0.25, -0.2) is 17.6 Å². The van der Waals surface area contributed by atoms with Gasteiger partial charge in [0.25, 0.3) is 5.91 Å². The smallest absolute Gasteiger partial charge is 0.258 e. The predicted octanol–water partition coefficient (Wildman–Crippen LogP) is 5.55. The van der Waals surface area contributed by atoms with Crippen LogP contribution in [0.5, 0.6) is 0 Å². The van der Waals surface area contributed by atoms with Crippen LogP contribution in [-0.2, 0) is 6.42 Å². The van der Waals surface area contributed by atoms with Crippen LogP contribution in [-0.4, -0.2) is 35.1 Å². The van der Waals surface area contributed by atoms with Crippen molar-refractivity contribution in [3.63, 3.8) is 0 Å². The van der Waals surface area contributed by atoms with Crippen LogP contribution in [0.2, 0.25) is 0 Å². The minimum atomic E-state index is -1.39. The van der Waals surface area contributed by atoms with E-state index in [4.69, 9.17) is 5.73 Å². The van der Waals surface area contributed by atoms with Crippen molar-refractivity contribution in [2.75, 3.05) is 23.3 Å². The predicted molar refractivity (Wildman–Crippen MR) is 146 cm³/mol. The van der Waals surface area contributed by atoms with Gasteiger partial charge >= 0.3 is 0 Å². The van der Waals surface area contributed by atoms with Crippen LogP contribution in [0.4, 0.5) is 28.9 Å². The van der Waals surface area contributed by atoms with Gasteiger partial charge in [0, 0.05) is 24.7 Å². The van der Waals surface area contributed by atoms with E-state index in [1.807, 2.05) is 4.90 Å².